The van der Waals surface area contributed by atoms with E-state index >= 15 is 0 Å². The maximum absolute atomic E-state index is 6.07. The Balaban J connectivity index is 2.09. The molecule has 5 heteroatoms. The van der Waals surface area contributed by atoms with Crippen LogP contribution in [0.4, 0.5) is 0 Å². The van der Waals surface area contributed by atoms with Gasteiger partial charge >= 0.3 is 0 Å². The summed E-state index contributed by atoms with van der Waals surface area (Å²) in [6.45, 7) is 2.84. The number of halogens is 1. The molecular formula is C15H21BrO4. The first kappa shape index (κ1) is 15.4. The molecule has 0 radical (unpaired) electrons. The zero-order valence-electron chi connectivity index (χ0n) is 12.1. The molecule has 4 nitrogen and oxygen atoms in total. The molecule has 2 rings (SSSR count). The van der Waals surface area contributed by atoms with Gasteiger partial charge in [0.15, 0.2) is 11.5 Å². The molecule has 1 aliphatic carbocycles. The number of benzene rings is 1. The Kier molecular flexibility index (Phi) is 5.54. The minimum atomic E-state index is 0.0242. The van der Waals surface area contributed by atoms with Gasteiger partial charge in [-0.15, -0.1) is 0 Å². The maximum atomic E-state index is 6.07. The molecule has 112 valence electrons. The molecule has 0 amide bonds. The molecule has 0 N–H and O–H groups in total. The second kappa shape index (κ2) is 7.18. The van der Waals surface area contributed by atoms with Gasteiger partial charge in [-0.25, -0.2) is 0 Å². The first-order valence-electron chi connectivity index (χ1n) is 6.84. The lowest BCUT2D eigenvalue weighted by Crippen LogP contribution is -2.52. The molecule has 0 aromatic heterocycles. The Morgan fingerprint density at radius 3 is 2.35 bits per heavy atom. The van der Waals surface area contributed by atoms with Crippen LogP contribution in [0.3, 0.4) is 0 Å². The molecule has 0 saturated heterocycles. The normalized spacial score (nSPS) is 24.9. The Morgan fingerprint density at radius 1 is 1.20 bits per heavy atom. The Labute approximate surface area is 128 Å². The van der Waals surface area contributed by atoms with E-state index in [4.69, 9.17) is 18.9 Å². The quantitative estimate of drug-likeness (QED) is 0.710. The highest BCUT2D eigenvalue weighted by Gasteiger charge is 2.43. The van der Waals surface area contributed by atoms with Gasteiger partial charge in [-0.05, 0) is 18.6 Å². The fraction of sp³-hybridized carbons (Fsp3) is 0.600. The Bertz CT molecular complexity index is 416. The minimum absolute atomic E-state index is 0.0242. The smallest absolute Gasteiger partial charge is 0.203 e. The molecule has 20 heavy (non-hydrogen) atoms. The lowest BCUT2D eigenvalue weighted by Gasteiger charge is -2.41. The average molecular weight is 345 g/mol. The third-order valence-corrected chi connectivity index (χ3v) is 4.24. The van der Waals surface area contributed by atoms with Crippen molar-refractivity contribution < 1.29 is 18.9 Å². The van der Waals surface area contributed by atoms with Crippen molar-refractivity contribution in [2.45, 2.75) is 36.8 Å². The second-order valence-electron chi connectivity index (χ2n) is 4.74. The molecule has 1 aromatic rings. The second-order valence-corrected chi connectivity index (χ2v) is 5.91. The number of rotatable bonds is 7. The van der Waals surface area contributed by atoms with Gasteiger partial charge in [-0.1, -0.05) is 28.9 Å². The van der Waals surface area contributed by atoms with Crippen LogP contribution in [-0.4, -0.2) is 37.9 Å². The summed E-state index contributed by atoms with van der Waals surface area (Å²) < 4.78 is 22.6. The molecule has 3 unspecified atom stereocenters. The van der Waals surface area contributed by atoms with Crippen LogP contribution in [0.2, 0.25) is 0 Å². The lowest BCUT2D eigenvalue weighted by molar-refractivity contribution is -0.0773. The van der Waals surface area contributed by atoms with E-state index in [0.717, 1.165) is 19.4 Å². The maximum Gasteiger partial charge on any atom is 0.203 e. The van der Waals surface area contributed by atoms with Gasteiger partial charge in [0.05, 0.1) is 14.2 Å². The summed E-state index contributed by atoms with van der Waals surface area (Å²) in [6, 6.07) is 5.61. The summed E-state index contributed by atoms with van der Waals surface area (Å²) in [5.74, 6) is 2.00. The van der Waals surface area contributed by atoms with Crippen molar-refractivity contribution in [1.29, 1.82) is 0 Å². The number of ether oxygens (including phenoxy) is 4. The van der Waals surface area contributed by atoms with Crippen LogP contribution in [0, 0.1) is 0 Å². The average Bonchev–Trinajstić information content (AvgIpc) is 2.47. The standard InChI is InChI=1S/C15H21BrO4/c1-4-8-19-14-10(16)9-13(14)20-15-11(17-2)6-5-7-12(15)18-3/h5-7,10,13-14H,4,8-9H2,1-3H3. The number of alkyl halides is 1. The van der Waals surface area contributed by atoms with Gasteiger partial charge < -0.3 is 18.9 Å². The highest BCUT2D eigenvalue weighted by atomic mass is 79.9. The van der Waals surface area contributed by atoms with E-state index in [9.17, 15) is 0 Å². The number of hydrogen-bond acceptors (Lipinski definition) is 4. The molecule has 1 fully saturated rings. The largest absolute Gasteiger partial charge is 0.493 e. The predicted molar refractivity (Wildman–Crippen MR) is 81.3 cm³/mol. The fourth-order valence-electron chi connectivity index (χ4n) is 2.19. The summed E-state index contributed by atoms with van der Waals surface area (Å²) in [6.07, 6.45) is 2.01. The molecule has 0 aliphatic heterocycles. The van der Waals surface area contributed by atoms with E-state index in [0.29, 0.717) is 22.1 Å². The summed E-state index contributed by atoms with van der Waals surface area (Å²) >= 11 is 3.61. The first-order valence-corrected chi connectivity index (χ1v) is 7.76. The summed E-state index contributed by atoms with van der Waals surface area (Å²) in [5.41, 5.74) is 0. The molecule has 0 bridgehead atoms. The summed E-state index contributed by atoms with van der Waals surface area (Å²) in [7, 11) is 3.25. The zero-order chi connectivity index (χ0) is 14.5. The number of methoxy groups -OCH3 is 2. The molecule has 3 atom stereocenters. The molecule has 1 aliphatic rings. The Hall–Kier alpha value is -0.940. The van der Waals surface area contributed by atoms with E-state index in [2.05, 4.69) is 22.9 Å². The van der Waals surface area contributed by atoms with Crippen LogP contribution in [0.25, 0.3) is 0 Å². The van der Waals surface area contributed by atoms with Crippen molar-refractivity contribution in [3.63, 3.8) is 0 Å². The van der Waals surface area contributed by atoms with Crippen LogP contribution < -0.4 is 14.2 Å². The van der Waals surface area contributed by atoms with Crippen molar-refractivity contribution in [3.8, 4) is 17.2 Å². The Morgan fingerprint density at radius 2 is 1.85 bits per heavy atom. The first-order chi connectivity index (χ1) is 9.71. The van der Waals surface area contributed by atoms with Crippen LogP contribution in [0.5, 0.6) is 17.2 Å². The molecule has 1 aromatic carbocycles. The SMILES string of the molecule is CCCOC1C(Br)CC1Oc1c(OC)cccc1OC. The highest BCUT2D eigenvalue weighted by Crippen LogP contribution is 2.42. The molecule has 0 spiro atoms. The fourth-order valence-corrected chi connectivity index (χ4v) is 3.05. The number of hydrogen-bond donors (Lipinski definition) is 0. The van der Waals surface area contributed by atoms with Crippen molar-refractivity contribution in [3.05, 3.63) is 18.2 Å². The van der Waals surface area contributed by atoms with Gasteiger partial charge in [0.25, 0.3) is 0 Å². The monoisotopic (exact) mass is 344 g/mol. The summed E-state index contributed by atoms with van der Waals surface area (Å²) in [5, 5.41) is 0. The molecular weight excluding hydrogens is 324 g/mol. The van der Waals surface area contributed by atoms with Gasteiger partial charge in [0, 0.05) is 17.9 Å². The number of para-hydroxylation sites is 1. The van der Waals surface area contributed by atoms with E-state index in [1.165, 1.54) is 0 Å². The van der Waals surface area contributed by atoms with Gasteiger partial charge in [-0.2, -0.15) is 0 Å². The van der Waals surface area contributed by atoms with Gasteiger partial charge in [-0.3, -0.25) is 0 Å². The van der Waals surface area contributed by atoms with Crippen molar-refractivity contribution in [1.82, 2.24) is 0 Å². The van der Waals surface area contributed by atoms with Crippen molar-refractivity contribution in [2.75, 3.05) is 20.8 Å². The third kappa shape index (κ3) is 3.20. The van der Waals surface area contributed by atoms with Crippen LogP contribution in [0.1, 0.15) is 19.8 Å². The topological polar surface area (TPSA) is 36.9 Å². The van der Waals surface area contributed by atoms with Gasteiger partial charge in [0.1, 0.15) is 12.2 Å². The predicted octanol–water partition coefficient (Wildman–Crippen LogP) is 3.41. The zero-order valence-corrected chi connectivity index (χ0v) is 13.7. The van der Waals surface area contributed by atoms with E-state index in [1.54, 1.807) is 14.2 Å². The molecule has 0 heterocycles. The third-order valence-electron chi connectivity index (χ3n) is 3.35. The minimum Gasteiger partial charge on any atom is -0.493 e. The van der Waals surface area contributed by atoms with Crippen molar-refractivity contribution in [2.24, 2.45) is 0 Å². The van der Waals surface area contributed by atoms with Crippen molar-refractivity contribution >= 4 is 15.9 Å². The van der Waals surface area contributed by atoms with Crippen LogP contribution >= 0.6 is 15.9 Å². The van der Waals surface area contributed by atoms with E-state index < -0.39 is 0 Å². The van der Waals surface area contributed by atoms with Crippen LogP contribution in [-0.2, 0) is 4.74 Å². The van der Waals surface area contributed by atoms with E-state index in [1.807, 2.05) is 18.2 Å². The van der Waals surface area contributed by atoms with Crippen LogP contribution in [0.15, 0.2) is 18.2 Å². The van der Waals surface area contributed by atoms with Gasteiger partial charge in [0.2, 0.25) is 5.75 Å². The molecule has 1 saturated carbocycles. The highest BCUT2D eigenvalue weighted by molar-refractivity contribution is 9.09. The van der Waals surface area contributed by atoms with E-state index in [-0.39, 0.29) is 12.2 Å². The summed E-state index contributed by atoms with van der Waals surface area (Å²) in [4.78, 5) is 0.347. The lowest BCUT2D eigenvalue weighted by atomic mass is 9.91.